The molecule has 5 nitrogen and oxygen atoms in total. The highest BCUT2D eigenvalue weighted by Crippen LogP contribution is 2.43. The van der Waals surface area contributed by atoms with Gasteiger partial charge in [-0.1, -0.05) is 83.1 Å². The van der Waals surface area contributed by atoms with Gasteiger partial charge in [0.2, 0.25) is 0 Å². The molecule has 214 valence electrons. The average molecular weight is 529 g/mol. The van der Waals surface area contributed by atoms with E-state index in [9.17, 15) is 15.3 Å². The lowest BCUT2D eigenvalue weighted by atomic mass is 9.79. The van der Waals surface area contributed by atoms with E-state index in [-0.39, 0.29) is 21.7 Å². The zero-order valence-corrected chi connectivity index (χ0v) is 25.9. The quantitative estimate of drug-likeness (QED) is 0.325. The van der Waals surface area contributed by atoms with E-state index in [1.807, 2.05) is 24.3 Å². The van der Waals surface area contributed by atoms with Crippen molar-refractivity contribution >= 4 is 0 Å². The molecule has 0 aliphatic rings. The Balaban J connectivity index is 2.04. The minimum atomic E-state index is -0.572. The van der Waals surface area contributed by atoms with Gasteiger partial charge in [-0.15, -0.1) is 0 Å². The Hall–Kier alpha value is -2.40. The second-order valence-corrected chi connectivity index (χ2v) is 14.7. The largest absolute Gasteiger partial charge is 0.507 e. The molecule has 0 bridgehead atoms. The van der Waals surface area contributed by atoms with Gasteiger partial charge in [-0.3, -0.25) is 0 Å². The van der Waals surface area contributed by atoms with Crippen LogP contribution in [-0.2, 0) is 21.7 Å². The van der Waals surface area contributed by atoms with Crippen LogP contribution >= 0.6 is 0 Å². The third-order valence-corrected chi connectivity index (χ3v) is 6.84. The number of aromatic hydroxyl groups is 2. The number of phenols is 2. The molecule has 0 spiro atoms. The van der Waals surface area contributed by atoms with Crippen LogP contribution in [0.4, 0.5) is 0 Å². The Bertz CT molecular complexity index is 931. The van der Waals surface area contributed by atoms with Crippen LogP contribution in [0.25, 0.3) is 0 Å². The number of hydrogen-bond acceptors (Lipinski definition) is 5. The molecule has 0 amide bonds. The first kappa shape index (κ1) is 31.8. The monoisotopic (exact) mass is 528 g/mol. The topological polar surface area (TPSA) is 79.2 Å². The van der Waals surface area contributed by atoms with Gasteiger partial charge in [0, 0.05) is 35.1 Å². The smallest absolute Gasteiger partial charge is 0.123 e. The summed E-state index contributed by atoms with van der Waals surface area (Å²) in [6, 6.07) is 7.63. The van der Waals surface area contributed by atoms with Crippen LogP contribution < -0.4 is 9.47 Å². The maximum absolute atomic E-state index is 10.9. The Morgan fingerprint density at radius 1 is 0.526 bits per heavy atom. The lowest BCUT2D eigenvalue weighted by Crippen LogP contribution is -2.19. The molecule has 2 aromatic rings. The third-order valence-electron chi connectivity index (χ3n) is 6.84. The average Bonchev–Trinajstić information content (AvgIpc) is 2.72. The van der Waals surface area contributed by atoms with Crippen LogP contribution in [0.5, 0.6) is 23.0 Å². The number of phenolic OH excluding ortho intramolecular Hbond substituents is 2. The SMILES string of the molecule is CC(C)(C)c1cc(OCCC(O)CCOc2cc(C(C)(C)C)c(O)c(C(C)(C)C)c2)cc(C(C)(C)C)c1O. The van der Waals surface area contributed by atoms with Crippen molar-refractivity contribution in [2.24, 2.45) is 0 Å². The zero-order valence-electron chi connectivity index (χ0n) is 25.9. The molecule has 0 atom stereocenters. The second-order valence-electron chi connectivity index (χ2n) is 14.7. The number of benzene rings is 2. The molecule has 2 rings (SSSR count). The Morgan fingerprint density at radius 3 is 0.974 bits per heavy atom. The number of hydrogen-bond donors (Lipinski definition) is 3. The van der Waals surface area contributed by atoms with Gasteiger partial charge >= 0.3 is 0 Å². The fraction of sp³-hybridized carbons (Fsp3) is 0.636. The highest BCUT2D eigenvalue weighted by molar-refractivity contribution is 5.53. The zero-order chi connectivity index (χ0) is 29.3. The fourth-order valence-electron chi connectivity index (χ4n) is 4.44. The van der Waals surface area contributed by atoms with Crippen LogP contribution in [0.1, 0.15) is 118 Å². The summed E-state index contributed by atoms with van der Waals surface area (Å²) in [5, 5.41) is 32.4. The van der Waals surface area contributed by atoms with Crippen molar-refractivity contribution in [3.8, 4) is 23.0 Å². The fourth-order valence-corrected chi connectivity index (χ4v) is 4.44. The molecule has 0 saturated heterocycles. The number of aliphatic hydroxyl groups excluding tert-OH is 1. The molecule has 3 N–H and O–H groups in total. The van der Waals surface area contributed by atoms with E-state index in [1.165, 1.54) is 0 Å². The molecule has 0 fully saturated rings. The van der Waals surface area contributed by atoms with Crippen molar-refractivity contribution in [3.05, 3.63) is 46.5 Å². The number of aliphatic hydroxyl groups is 1. The Kier molecular flexibility index (Phi) is 9.52. The predicted molar refractivity (Wildman–Crippen MR) is 157 cm³/mol. The minimum Gasteiger partial charge on any atom is -0.507 e. The second kappa shape index (κ2) is 11.4. The van der Waals surface area contributed by atoms with E-state index in [2.05, 4.69) is 83.1 Å². The van der Waals surface area contributed by atoms with E-state index < -0.39 is 6.10 Å². The van der Waals surface area contributed by atoms with Crippen molar-refractivity contribution in [2.45, 2.75) is 124 Å². The lowest BCUT2D eigenvalue weighted by molar-refractivity contribution is 0.112. The first-order valence-electron chi connectivity index (χ1n) is 13.8. The maximum Gasteiger partial charge on any atom is 0.123 e. The summed E-state index contributed by atoms with van der Waals surface area (Å²) in [7, 11) is 0. The summed E-state index contributed by atoms with van der Waals surface area (Å²) >= 11 is 0. The highest BCUT2D eigenvalue weighted by atomic mass is 16.5. The van der Waals surface area contributed by atoms with Gasteiger partial charge in [0.1, 0.15) is 23.0 Å². The molecule has 5 heteroatoms. The van der Waals surface area contributed by atoms with E-state index >= 15 is 0 Å². The third kappa shape index (κ3) is 8.30. The van der Waals surface area contributed by atoms with Crippen molar-refractivity contribution < 1.29 is 24.8 Å². The van der Waals surface area contributed by atoms with Crippen molar-refractivity contribution in [1.82, 2.24) is 0 Å². The van der Waals surface area contributed by atoms with Gasteiger partial charge in [0.25, 0.3) is 0 Å². The highest BCUT2D eigenvalue weighted by Gasteiger charge is 2.28. The van der Waals surface area contributed by atoms with Crippen LogP contribution in [0.15, 0.2) is 24.3 Å². The van der Waals surface area contributed by atoms with E-state index in [0.29, 0.717) is 49.1 Å². The van der Waals surface area contributed by atoms with Crippen LogP contribution in [0.3, 0.4) is 0 Å². The summed E-state index contributed by atoms with van der Waals surface area (Å²) in [5.74, 6) is 2.06. The summed E-state index contributed by atoms with van der Waals surface area (Å²) in [6.07, 6.45) is 0.365. The molecule has 38 heavy (non-hydrogen) atoms. The van der Waals surface area contributed by atoms with E-state index in [1.54, 1.807) is 0 Å². The van der Waals surface area contributed by atoms with Gasteiger partial charge in [0.15, 0.2) is 0 Å². The molecule has 0 unspecified atom stereocenters. The van der Waals surface area contributed by atoms with Crippen molar-refractivity contribution in [1.29, 1.82) is 0 Å². The number of rotatable bonds is 8. The van der Waals surface area contributed by atoms with Gasteiger partial charge in [-0.2, -0.15) is 0 Å². The predicted octanol–water partition coefficient (Wildman–Crippen LogP) is 7.89. The van der Waals surface area contributed by atoms with E-state index in [4.69, 9.17) is 9.47 Å². The summed E-state index contributed by atoms with van der Waals surface area (Å²) < 4.78 is 12.1. The van der Waals surface area contributed by atoms with Gasteiger partial charge in [0.05, 0.1) is 19.3 Å². The van der Waals surface area contributed by atoms with Gasteiger partial charge in [-0.25, -0.2) is 0 Å². The molecule has 0 saturated carbocycles. The molecular formula is C33H52O5. The first-order chi connectivity index (χ1) is 17.1. The Morgan fingerprint density at radius 2 is 0.763 bits per heavy atom. The molecule has 2 aromatic carbocycles. The molecule has 0 aliphatic heterocycles. The molecule has 0 heterocycles. The van der Waals surface area contributed by atoms with Gasteiger partial charge < -0.3 is 24.8 Å². The van der Waals surface area contributed by atoms with Crippen LogP contribution in [0, 0.1) is 0 Å². The molecule has 0 radical (unpaired) electrons. The summed E-state index contributed by atoms with van der Waals surface area (Å²) in [6.45, 7) is 25.6. The van der Waals surface area contributed by atoms with Crippen LogP contribution in [-0.4, -0.2) is 34.6 Å². The normalized spacial score (nSPS) is 13.2. The molecule has 0 aromatic heterocycles. The maximum atomic E-state index is 10.9. The Labute approximate surface area is 231 Å². The van der Waals surface area contributed by atoms with Crippen molar-refractivity contribution in [3.63, 3.8) is 0 Å². The molecule has 0 aliphatic carbocycles. The minimum absolute atomic E-state index is 0.228. The van der Waals surface area contributed by atoms with E-state index in [0.717, 1.165) is 22.3 Å². The first-order valence-corrected chi connectivity index (χ1v) is 13.8. The lowest BCUT2D eigenvalue weighted by Gasteiger charge is -2.28. The molecular weight excluding hydrogens is 476 g/mol. The summed E-state index contributed by atoms with van der Waals surface area (Å²) in [4.78, 5) is 0. The van der Waals surface area contributed by atoms with Crippen LogP contribution in [0.2, 0.25) is 0 Å². The standard InChI is InChI=1S/C33H52O5/c1-30(2,3)24-17-22(18-25(28(24)35)31(4,5)6)37-15-13-21(34)14-16-38-23-19-26(32(7,8)9)29(36)27(20-23)33(10,11)12/h17-21,34-36H,13-16H2,1-12H3. The summed E-state index contributed by atoms with van der Waals surface area (Å²) in [5.41, 5.74) is 2.50. The van der Waals surface area contributed by atoms with Crippen molar-refractivity contribution in [2.75, 3.05) is 13.2 Å². The number of ether oxygens (including phenoxy) is 2. The van der Waals surface area contributed by atoms with Gasteiger partial charge in [-0.05, 0) is 45.9 Å².